The van der Waals surface area contributed by atoms with Gasteiger partial charge in [0.05, 0.1) is 17.0 Å². The third kappa shape index (κ3) is 5.04. The predicted octanol–water partition coefficient (Wildman–Crippen LogP) is 2.49. The van der Waals surface area contributed by atoms with Crippen molar-refractivity contribution in [2.75, 3.05) is 26.2 Å². The van der Waals surface area contributed by atoms with Crippen LogP contribution in [-0.4, -0.2) is 43.2 Å². The lowest BCUT2D eigenvalue weighted by atomic mass is 10.1. The minimum Gasteiger partial charge on any atom is -0.378 e. The van der Waals surface area contributed by atoms with E-state index in [4.69, 9.17) is 10.5 Å². The van der Waals surface area contributed by atoms with Gasteiger partial charge in [0.1, 0.15) is 5.82 Å². The number of benzene rings is 1. The third-order valence-electron chi connectivity index (χ3n) is 3.84. The van der Waals surface area contributed by atoms with E-state index < -0.39 is 0 Å². The molecular weight excluding hydrogens is 351 g/mol. The van der Waals surface area contributed by atoms with E-state index in [2.05, 4.69) is 15.9 Å². The maximum absolute atomic E-state index is 13.2. The number of carbonyl (C=O) groups is 1. The highest BCUT2D eigenvalue weighted by Crippen LogP contribution is 2.19. The molecule has 122 valence electrons. The molecule has 22 heavy (non-hydrogen) atoms. The topological polar surface area (TPSA) is 55.6 Å². The Morgan fingerprint density at radius 3 is 2.77 bits per heavy atom. The summed E-state index contributed by atoms with van der Waals surface area (Å²) < 4.78 is 19.3. The molecule has 1 saturated heterocycles. The molecule has 0 atom stereocenters. The van der Waals surface area contributed by atoms with Crippen molar-refractivity contribution in [1.29, 1.82) is 0 Å². The van der Waals surface area contributed by atoms with Gasteiger partial charge >= 0.3 is 0 Å². The number of carbonyl (C=O) groups excluding carboxylic acids is 1. The molecule has 4 nitrogen and oxygen atoms in total. The van der Waals surface area contributed by atoms with Crippen LogP contribution in [0, 0.1) is 5.82 Å². The maximum atomic E-state index is 13.2. The minimum atomic E-state index is -0.313. The lowest BCUT2D eigenvalue weighted by molar-refractivity contribution is -0.133. The molecule has 0 bridgehead atoms. The summed E-state index contributed by atoms with van der Waals surface area (Å²) in [7, 11) is 0. The molecule has 6 heteroatoms. The normalized spacial score (nSPS) is 16.0. The Balaban J connectivity index is 1.78. The molecule has 1 fully saturated rings. The summed E-state index contributed by atoms with van der Waals surface area (Å²) in [5.41, 5.74) is 6.26. The number of amides is 1. The number of hydrogen-bond acceptors (Lipinski definition) is 3. The average Bonchev–Trinajstić information content (AvgIpc) is 2.52. The van der Waals surface area contributed by atoms with E-state index in [-0.39, 0.29) is 17.8 Å². The van der Waals surface area contributed by atoms with Crippen molar-refractivity contribution >= 4 is 21.8 Å². The maximum Gasteiger partial charge on any atom is 0.226 e. The van der Waals surface area contributed by atoms with Crippen molar-refractivity contribution < 1.29 is 13.9 Å². The Morgan fingerprint density at radius 2 is 2.14 bits per heavy atom. The standard InChI is InChI=1S/C16H22BrFN2O2/c17-14-10-12(2-3-15(14)18)11-16(21)20-7-4-13(5-8-20)22-9-1-6-19/h2-3,10,13H,1,4-9,11,19H2. The quantitative estimate of drug-likeness (QED) is 0.780. The fourth-order valence-corrected chi connectivity index (χ4v) is 2.97. The van der Waals surface area contributed by atoms with Crippen LogP contribution in [0.5, 0.6) is 0 Å². The van der Waals surface area contributed by atoms with Gasteiger partial charge in [0.15, 0.2) is 0 Å². The molecule has 0 aromatic heterocycles. The number of ether oxygens (including phenoxy) is 1. The molecular formula is C16H22BrFN2O2. The molecule has 2 N–H and O–H groups in total. The number of nitrogens with two attached hydrogens (primary N) is 1. The van der Waals surface area contributed by atoms with E-state index in [1.54, 1.807) is 12.1 Å². The molecule has 1 heterocycles. The summed E-state index contributed by atoms with van der Waals surface area (Å²) in [6.07, 6.45) is 3.14. The van der Waals surface area contributed by atoms with E-state index in [0.29, 0.717) is 37.1 Å². The van der Waals surface area contributed by atoms with Gasteiger partial charge in [0.2, 0.25) is 5.91 Å². The SMILES string of the molecule is NCCCOC1CCN(C(=O)Cc2ccc(F)c(Br)c2)CC1. The number of halogens is 2. The molecule has 1 aliphatic heterocycles. The fraction of sp³-hybridized carbons (Fsp3) is 0.562. The van der Waals surface area contributed by atoms with E-state index >= 15 is 0 Å². The van der Waals surface area contributed by atoms with E-state index in [0.717, 1.165) is 24.8 Å². The Morgan fingerprint density at radius 1 is 1.41 bits per heavy atom. The van der Waals surface area contributed by atoms with Crippen molar-refractivity contribution in [2.24, 2.45) is 5.73 Å². The first-order valence-electron chi connectivity index (χ1n) is 7.63. The van der Waals surface area contributed by atoms with Gasteiger partial charge in [0.25, 0.3) is 0 Å². The first-order valence-corrected chi connectivity index (χ1v) is 8.43. The lowest BCUT2D eigenvalue weighted by Crippen LogP contribution is -2.41. The second-order valence-corrected chi connectivity index (χ2v) is 6.37. The average molecular weight is 373 g/mol. The monoisotopic (exact) mass is 372 g/mol. The minimum absolute atomic E-state index is 0.0823. The lowest BCUT2D eigenvalue weighted by Gasteiger charge is -2.32. The molecule has 0 saturated carbocycles. The Hall–Kier alpha value is -0.980. The summed E-state index contributed by atoms with van der Waals surface area (Å²) in [5, 5.41) is 0. The molecule has 0 spiro atoms. The molecule has 0 unspecified atom stereocenters. The van der Waals surface area contributed by atoms with Crippen molar-refractivity contribution in [1.82, 2.24) is 4.90 Å². The van der Waals surface area contributed by atoms with Gasteiger partial charge in [-0.1, -0.05) is 6.07 Å². The number of nitrogens with zero attached hydrogens (tertiary/aromatic N) is 1. The second-order valence-electron chi connectivity index (χ2n) is 5.52. The van der Waals surface area contributed by atoms with Gasteiger partial charge in [0, 0.05) is 19.7 Å². The van der Waals surface area contributed by atoms with Crippen LogP contribution in [0.1, 0.15) is 24.8 Å². The summed E-state index contributed by atoms with van der Waals surface area (Å²) in [5.74, 6) is -0.231. The summed E-state index contributed by atoms with van der Waals surface area (Å²) in [6, 6.07) is 4.70. The summed E-state index contributed by atoms with van der Waals surface area (Å²) in [4.78, 5) is 14.2. The van der Waals surface area contributed by atoms with Crippen molar-refractivity contribution in [3.8, 4) is 0 Å². The van der Waals surface area contributed by atoms with Crippen LogP contribution >= 0.6 is 15.9 Å². The Bertz CT molecular complexity index is 505. The van der Waals surface area contributed by atoms with Gasteiger partial charge < -0.3 is 15.4 Å². The smallest absolute Gasteiger partial charge is 0.226 e. The molecule has 1 amide bonds. The van der Waals surface area contributed by atoms with E-state index in [9.17, 15) is 9.18 Å². The first-order chi connectivity index (χ1) is 10.6. The number of hydrogen-bond donors (Lipinski definition) is 1. The van der Waals surface area contributed by atoms with Gasteiger partial charge in [-0.25, -0.2) is 4.39 Å². The summed E-state index contributed by atoms with van der Waals surface area (Å²) in [6.45, 7) is 2.77. The van der Waals surface area contributed by atoms with Crippen LogP contribution < -0.4 is 5.73 Å². The van der Waals surface area contributed by atoms with Crippen LogP contribution in [0.25, 0.3) is 0 Å². The zero-order chi connectivity index (χ0) is 15.9. The zero-order valence-electron chi connectivity index (χ0n) is 12.6. The van der Waals surface area contributed by atoms with Crippen molar-refractivity contribution in [2.45, 2.75) is 31.8 Å². The molecule has 1 aromatic rings. The molecule has 1 aliphatic rings. The van der Waals surface area contributed by atoms with Gasteiger partial charge in [-0.05, 0) is 59.4 Å². The highest BCUT2D eigenvalue weighted by atomic mass is 79.9. The van der Waals surface area contributed by atoms with Gasteiger partial charge in [-0.15, -0.1) is 0 Å². The van der Waals surface area contributed by atoms with Crippen molar-refractivity contribution in [3.05, 3.63) is 34.1 Å². The van der Waals surface area contributed by atoms with Crippen LogP contribution in [0.4, 0.5) is 4.39 Å². The van der Waals surface area contributed by atoms with Crippen LogP contribution in [0.3, 0.4) is 0 Å². The highest BCUT2D eigenvalue weighted by Gasteiger charge is 2.23. The first kappa shape index (κ1) is 17.4. The Labute approximate surface area is 138 Å². The van der Waals surface area contributed by atoms with Crippen LogP contribution in [0.15, 0.2) is 22.7 Å². The number of rotatable bonds is 6. The summed E-state index contributed by atoms with van der Waals surface area (Å²) >= 11 is 3.14. The van der Waals surface area contributed by atoms with Crippen LogP contribution in [-0.2, 0) is 16.0 Å². The molecule has 1 aromatic carbocycles. The second kappa shape index (κ2) is 8.60. The van der Waals surface area contributed by atoms with E-state index in [1.807, 2.05) is 4.90 Å². The fourth-order valence-electron chi connectivity index (χ4n) is 2.54. The molecule has 2 rings (SSSR count). The number of likely N-dealkylation sites (tertiary alicyclic amines) is 1. The molecule has 0 radical (unpaired) electrons. The van der Waals surface area contributed by atoms with Gasteiger partial charge in [-0.2, -0.15) is 0 Å². The third-order valence-corrected chi connectivity index (χ3v) is 4.44. The van der Waals surface area contributed by atoms with Crippen LogP contribution in [0.2, 0.25) is 0 Å². The van der Waals surface area contributed by atoms with Crippen molar-refractivity contribution in [3.63, 3.8) is 0 Å². The highest BCUT2D eigenvalue weighted by molar-refractivity contribution is 9.10. The van der Waals surface area contributed by atoms with E-state index in [1.165, 1.54) is 6.07 Å². The molecule has 0 aliphatic carbocycles. The zero-order valence-corrected chi connectivity index (χ0v) is 14.1. The Kier molecular flexibility index (Phi) is 6.79. The van der Waals surface area contributed by atoms with Gasteiger partial charge in [-0.3, -0.25) is 4.79 Å². The number of piperidine rings is 1. The predicted molar refractivity (Wildman–Crippen MR) is 87.0 cm³/mol. The largest absolute Gasteiger partial charge is 0.378 e.